The van der Waals surface area contributed by atoms with Crippen molar-refractivity contribution in [2.24, 2.45) is 0 Å². The van der Waals surface area contributed by atoms with Crippen LogP contribution in [0, 0.1) is 13.8 Å². The normalized spacial score (nSPS) is 16.3. The summed E-state index contributed by atoms with van der Waals surface area (Å²) < 4.78 is 6.48. The van der Waals surface area contributed by atoms with Crippen LogP contribution in [0.5, 0.6) is 0 Å². The minimum absolute atomic E-state index is 0. The average Bonchev–Trinajstić information content (AvgIpc) is 3.72. The number of hydrogen-bond acceptors (Lipinski definition) is 0. The van der Waals surface area contributed by atoms with E-state index in [0.29, 0.717) is 7.25 Å². The molecule has 0 radical (unpaired) electrons. The van der Waals surface area contributed by atoms with Gasteiger partial charge in [0.2, 0.25) is 0 Å². The molecule has 0 aliphatic heterocycles. The van der Waals surface area contributed by atoms with E-state index in [-0.39, 0.29) is 24.8 Å². The van der Waals surface area contributed by atoms with Gasteiger partial charge in [0, 0.05) is 0 Å². The number of hydrogen-bond donors (Lipinski definition) is 0. The van der Waals surface area contributed by atoms with Crippen molar-refractivity contribution in [3.8, 4) is 22.3 Å². The van der Waals surface area contributed by atoms with E-state index >= 15 is 0 Å². The maximum absolute atomic E-state index is 3.81. The van der Waals surface area contributed by atoms with Crippen molar-refractivity contribution in [2.75, 3.05) is 0 Å². The Balaban J connectivity index is 0.00000220. The second-order valence-corrected chi connectivity index (χ2v) is 48.0. The van der Waals surface area contributed by atoms with Gasteiger partial charge in [-0.2, -0.15) is 0 Å². The third-order valence-electron chi connectivity index (χ3n) is 13.2. The van der Waals surface area contributed by atoms with Crippen LogP contribution >= 0.6 is 24.8 Å². The van der Waals surface area contributed by atoms with Gasteiger partial charge in [0.05, 0.1) is 0 Å². The molecule has 0 saturated heterocycles. The molecule has 10 rings (SSSR count). The zero-order valence-electron chi connectivity index (χ0n) is 33.0. The molecule has 8 aromatic carbocycles. The van der Waals surface area contributed by atoms with Crippen molar-refractivity contribution in [1.29, 1.82) is 0 Å². The molecule has 0 saturated carbocycles. The first-order valence-electron chi connectivity index (χ1n) is 19.5. The van der Waals surface area contributed by atoms with Crippen LogP contribution in [0.4, 0.5) is 0 Å². The molecule has 2 unspecified atom stereocenters. The first kappa shape index (κ1) is 38.8. The number of rotatable bonds is 4. The van der Waals surface area contributed by atoms with Crippen molar-refractivity contribution >= 4 is 86.9 Å². The topological polar surface area (TPSA) is 0 Å². The Morgan fingerprint density at radius 2 is 0.768 bits per heavy atom. The summed E-state index contributed by atoms with van der Waals surface area (Å²) in [6, 6.07) is 50.4. The summed E-state index contributed by atoms with van der Waals surface area (Å²) in [5, 5.41) is 10.5. The van der Waals surface area contributed by atoms with Crippen molar-refractivity contribution in [1.82, 2.24) is 0 Å². The van der Waals surface area contributed by atoms with Gasteiger partial charge in [-0.25, -0.2) is 0 Å². The van der Waals surface area contributed by atoms with Crippen LogP contribution in [0.25, 0.3) is 77.5 Å². The molecule has 2 atom stereocenters. The van der Waals surface area contributed by atoms with Crippen LogP contribution in [0.3, 0.4) is 0 Å². The predicted molar refractivity (Wildman–Crippen MR) is 251 cm³/mol. The first-order valence-corrected chi connectivity index (χ1v) is 33.2. The molecular formula is C52H48Cl2SiZr. The molecule has 278 valence electrons. The van der Waals surface area contributed by atoms with Crippen molar-refractivity contribution < 1.29 is 17.4 Å². The van der Waals surface area contributed by atoms with Gasteiger partial charge < -0.3 is 0 Å². The third kappa shape index (κ3) is 5.78. The molecule has 0 bridgehead atoms. The molecule has 2 aliphatic carbocycles. The molecule has 0 heterocycles. The molecule has 0 nitrogen and oxygen atoms in total. The van der Waals surface area contributed by atoms with Gasteiger partial charge in [-0.15, -0.1) is 24.8 Å². The van der Waals surface area contributed by atoms with Crippen LogP contribution in [0.2, 0.25) is 9.26 Å². The van der Waals surface area contributed by atoms with Gasteiger partial charge in [-0.1, -0.05) is 0 Å². The molecule has 0 aromatic heterocycles. The molecule has 0 amide bonds. The third-order valence-corrected chi connectivity index (χ3v) is 31.0. The molecule has 8 aromatic rings. The van der Waals surface area contributed by atoms with Crippen molar-refractivity contribution in [3.05, 3.63) is 178 Å². The van der Waals surface area contributed by atoms with E-state index in [1.807, 2.05) is 0 Å². The minimum Gasteiger partial charge on any atom is -0.147 e. The Bertz CT molecular complexity index is 2890. The van der Waals surface area contributed by atoms with E-state index in [1.165, 1.54) is 87.6 Å². The first-order chi connectivity index (χ1) is 26.0. The number of allylic oxidation sites excluding steroid dienone is 2. The molecule has 56 heavy (non-hydrogen) atoms. The summed E-state index contributed by atoms with van der Waals surface area (Å²) in [6.45, 7) is 12.1. The molecule has 2 aliphatic rings. The van der Waals surface area contributed by atoms with E-state index in [9.17, 15) is 0 Å². The zero-order valence-corrected chi connectivity index (χ0v) is 38.5. The summed E-state index contributed by atoms with van der Waals surface area (Å²) in [4.78, 5) is 0. The van der Waals surface area contributed by atoms with Gasteiger partial charge in [0.15, 0.2) is 0 Å². The number of benzene rings is 8. The maximum Gasteiger partial charge on any atom is -0.147 e. The van der Waals surface area contributed by atoms with Gasteiger partial charge in [-0.05, 0) is 0 Å². The van der Waals surface area contributed by atoms with Crippen molar-refractivity contribution in [3.63, 3.8) is 0 Å². The van der Waals surface area contributed by atoms with E-state index in [4.69, 9.17) is 0 Å². The van der Waals surface area contributed by atoms with Crippen LogP contribution in [-0.4, -0.2) is 6.88 Å². The molecule has 4 heteroatoms. The van der Waals surface area contributed by atoms with Crippen molar-refractivity contribution in [2.45, 2.75) is 44.2 Å². The number of halogens is 2. The van der Waals surface area contributed by atoms with E-state index in [1.54, 1.807) is 22.3 Å². The van der Waals surface area contributed by atoms with Gasteiger partial charge in [0.1, 0.15) is 0 Å². The minimum atomic E-state index is -3.81. The van der Waals surface area contributed by atoms with Gasteiger partial charge in [-0.3, -0.25) is 0 Å². The van der Waals surface area contributed by atoms with Crippen LogP contribution in [0.15, 0.2) is 145 Å². The zero-order chi connectivity index (χ0) is 37.1. The Morgan fingerprint density at radius 1 is 0.411 bits per heavy atom. The molecular weight excluding hydrogens is 815 g/mol. The molecule has 0 fully saturated rings. The fourth-order valence-electron chi connectivity index (χ4n) is 11.1. The van der Waals surface area contributed by atoms with Crippen LogP contribution in [0.1, 0.15) is 54.5 Å². The Morgan fingerprint density at radius 3 is 1.16 bits per heavy atom. The van der Waals surface area contributed by atoms with Gasteiger partial charge >= 0.3 is 324 Å². The molecule has 0 spiro atoms. The number of aryl methyl sites for hydroxylation is 2. The monoisotopic (exact) mass is 860 g/mol. The predicted octanol–water partition coefficient (Wildman–Crippen LogP) is 15.0. The summed E-state index contributed by atoms with van der Waals surface area (Å²) in [7, 11) is 0. The van der Waals surface area contributed by atoms with Crippen LogP contribution in [-0.2, 0) is 17.4 Å². The standard InChI is InChI=1S/2C25H19.2CH3.2ClH.H2Si.Zr/c2*1-16-12-23-17(2)10-11-22(25(23)13-16)21-9-5-8-20-14-18-6-3-4-7-19(18)15-24(20)21;;;;;;/h2*3-15H,1-2H3;2*1H3;2*1H;1H2;. The smallest absolute Gasteiger partial charge is 0.147 e. The summed E-state index contributed by atoms with van der Waals surface area (Å²) in [5.41, 5.74) is 17.4. The van der Waals surface area contributed by atoms with E-state index < -0.39 is 17.4 Å². The Labute approximate surface area is 346 Å². The fraction of sp³-hybridized carbons (Fsp3) is 0.154. The fourth-order valence-corrected chi connectivity index (χ4v) is 32.5. The van der Waals surface area contributed by atoms with Gasteiger partial charge in [0.25, 0.3) is 0 Å². The van der Waals surface area contributed by atoms with E-state index in [2.05, 4.69) is 189 Å². The summed E-state index contributed by atoms with van der Waals surface area (Å²) in [5.74, 6) is 0. The maximum atomic E-state index is 2.78. The average molecular weight is 863 g/mol. The largest absolute Gasteiger partial charge is 0.147 e. The SMILES string of the molecule is CC1=Cc2c(-c3cccc4cc5ccccc5cc34)ccc(C)c2[CH]1[Zr]([CH3])([CH3])(=[SiH2])[CH]1C(C)=Cc2c(-c3cccc4cc5ccccc5cc34)ccc(C)c21.Cl.Cl. The summed E-state index contributed by atoms with van der Waals surface area (Å²) >= 11 is -3.81. The summed E-state index contributed by atoms with van der Waals surface area (Å²) in [6.07, 6.45) is 5.16. The second kappa shape index (κ2) is 13.8. The quantitative estimate of drug-likeness (QED) is 0.122. The number of fused-ring (bicyclic) bond motifs is 6. The van der Waals surface area contributed by atoms with Crippen LogP contribution < -0.4 is 0 Å². The second-order valence-electron chi connectivity index (χ2n) is 17.5. The molecule has 0 N–H and O–H groups in total. The van der Waals surface area contributed by atoms with E-state index in [0.717, 1.165) is 0 Å². The Hall–Kier alpha value is -4.04. The Kier molecular flexibility index (Phi) is 9.57.